The van der Waals surface area contributed by atoms with E-state index in [1.165, 1.54) is 16.4 Å². The summed E-state index contributed by atoms with van der Waals surface area (Å²) in [6.07, 6.45) is -0.281. The summed E-state index contributed by atoms with van der Waals surface area (Å²) in [6, 6.07) is 14.0. The number of aromatic amines is 2. The van der Waals surface area contributed by atoms with Crippen molar-refractivity contribution in [2.75, 3.05) is 13.3 Å². The van der Waals surface area contributed by atoms with Crippen LogP contribution in [-0.4, -0.2) is 36.0 Å². The number of aromatic nitrogens is 2. The normalized spacial score (nSPS) is 19.1. The Hall–Kier alpha value is -2.42. The van der Waals surface area contributed by atoms with Crippen molar-refractivity contribution in [3.05, 3.63) is 64.6 Å². The maximum absolute atomic E-state index is 12.8. The van der Waals surface area contributed by atoms with Crippen molar-refractivity contribution in [2.45, 2.75) is 11.0 Å². The van der Waals surface area contributed by atoms with Crippen LogP contribution in [0.15, 0.2) is 58.2 Å². The summed E-state index contributed by atoms with van der Waals surface area (Å²) >= 11 is 0. The van der Waals surface area contributed by atoms with Gasteiger partial charge in [0, 0.05) is 6.54 Å². The van der Waals surface area contributed by atoms with Crippen LogP contribution in [0.2, 0.25) is 0 Å². The van der Waals surface area contributed by atoms with Crippen LogP contribution < -0.4 is 5.69 Å². The van der Waals surface area contributed by atoms with Crippen molar-refractivity contribution in [3.63, 3.8) is 0 Å². The molecule has 2 N–H and O–H groups in total. The van der Waals surface area contributed by atoms with E-state index in [4.69, 9.17) is 4.74 Å². The van der Waals surface area contributed by atoms with Gasteiger partial charge >= 0.3 is 5.69 Å². The Morgan fingerprint density at radius 3 is 2.58 bits per heavy atom. The topological polar surface area (TPSA) is 95.3 Å². The molecule has 1 aliphatic rings. The van der Waals surface area contributed by atoms with Gasteiger partial charge in [0.05, 0.1) is 22.0 Å². The van der Waals surface area contributed by atoms with Gasteiger partial charge in [-0.3, -0.25) is 0 Å². The molecule has 2 heterocycles. The zero-order chi connectivity index (χ0) is 16.7. The number of hydrogen-bond donors (Lipinski definition) is 2. The van der Waals surface area contributed by atoms with Crippen LogP contribution in [0, 0.1) is 0 Å². The number of fused-ring (bicyclic) bond motifs is 1. The van der Waals surface area contributed by atoms with Gasteiger partial charge in [-0.1, -0.05) is 30.3 Å². The predicted octanol–water partition coefficient (Wildman–Crippen LogP) is 1.58. The molecule has 0 aliphatic carbocycles. The van der Waals surface area contributed by atoms with E-state index in [0.717, 1.165) is 5.56 Å². The largest absolute Gasteiger partial charge is 0.356 e. The molecule has 8 heteroatoms. The first kappa shape index (κ1) is 15.1. The fraction of sp³-hybridized carbons (Fsp3) is 0.188. The Balaban J connectivity index is 1.63. The Labute approximate surface area is 137 Å². The van der Waals surface area contributed by atoms with Crippen molar-refractivity contribution in [2.24, 2.45) is 0 Å². The fourth-order valence-corrected chi connectivity index (χ4v) is 4.16. The first-order valence-electron chi connectivity index (χ1n) is 7.43. The van der Waals surface area contributed by atoms with Crippen molar-refractivity contribution >= 4 is 21.1 Å². The van der Waals surface area contributed by atoms with Gasteiger partial charge < -0.3 is 14.7 Å². The van der Waals surface area contributed by atoms with Gasteiger partial charge in [0.1, 0.15) is 6.73 Å². The molecule has 0 radical (unpaired) electrons. The van der Waals surface area contributed by atoms with Crippen LogP contribution in [-0.2, 0) is 14.8 Å². The molecule has 7 nitrogen and oxygen atoms in total. The SMILES string of the molecule is O=c1[nH]c2ccc(S(=O)(=O)N3COC(c4ccccc4)C3)cc2[nH]1. The molecule has 0 saturated carbocycles. The second-order valence-corrected chi connectivity index (χ2v) is 7.56. The van der Waals surface area contributed by atoms with Gasteiger partial charge in [-0.2, -0.15) is 4.31 Å². The molecule has 1 atom stereocenters. The molecule has 0 bridgehead atoms. The summed E-state index contributed by atoms with van der Waals surface area (Å²) < 4.78 is 32.5. The van der Waals surface area contributed by atoms with Crippen molar-refractivity contribution in [1.29, 1.82) is 0 Å². The highest BCUT2D eigenvalue weighted by molar-refractivity contribution is 7.89. The minimum atomic E-state index is -3.69. The molecule has 1 aromatic heterocycles. The van der Waals surface area contributed by atoms with Crippen LogP contribution in [0.3, 0.4) is 0 Å². The van der Waals surface area contributed by atoms with Crippen molar-refractivity contribution < 1.29 is 13.2 Å². The monoisotopic (exact) mass is 345 g/mol. The van der Waals surface area contributed by atoms with E-state index in [2.05, 4.69) is 9.97 Å². The number of benzene rings is 2. The molecule has 24 heavy (non-hydrogen) atoms. The lowest BCUT2D eigenvalue weighted by molar-refractivity contribution is 0.104. The van der Waals surface area contributed by atoms with Crippen molar-refractivity contribution in [3.8, 4) is 0 Å². The lowest BCUT2D eigenvalue weighted by atomic mass is 10.1. The molecule has 3 aromatic rings. The standard InChI is InChI=1S/C16H15N3O4S/c20-16-17-13-7-6-12(8-14(13)18-16)24(21,22)19-9-15(23-10-19)11-4-2-1-3-5-11/h1-8,15H,9-10H2,(H2,17,18,20). The van der Waals surface area contributed by atoms with E-state index >= 15 is 0 Å². The Kier molecular flexibility index (Phi) is 3.52. The summed E-state index contributed by atoms with van der Waals surface area (Å²) in [6.45, 7) is 0.262. The van der Waals surface area contributed by atoms with E-state index in [9.17, 15) is 13.2 Å². The highest BCUT2D eigenvalue weighted by Crippen LogP contribution is 2.29. The highest BCUT2D eigenvalue weighted by Gasteiger charge is 2.34. The first-order valence-corrected chi connectivity index (χ1v) is 8.87. The van der Waals surface area contributed by atoms with E-state index in [1.54, 1.807) is 6.07 Å². The zero-order valence-electron chi connectivity index (χ0n) is 12.6. The number of nitrogens with zero attached hydrogens (tertiary/aromatic N) is 1. The number of rotatable bonds is 3. The molecule has 4 rings (SSSR count). The predicted molar refractivity (Wildman–Crippen MR) is 87.9 cm³/mol. The summed E-state index contributed by atoms with van der Waals surface area (Å²) in [5, 5.41) is 0. The minimum absolute atomic E-state index is 0.00356. The second-order valence-electron chi connectivity index (χ2n) is 5.62. The molecule has 2 aromatic carbocycles. The van der Waals surface area contributed by atoms with Gasteiger partial charge in [-0.25, -0.2) is 13.2 Å². The lowest BCUT2D eigenvalue weighted by Crippen LogP contribution is -2.28. The third-order valence-corrected chi connectivity index (χ3v) is 5.87. The van der Waals surface area contributed by atoms with Gasteiger partial charge in [-0.05, 0) is 23.8 Å². The molecular formula is C16H15N3O4S. The Bertz CT molecular complexity index is 1040. The summed E-state index contributed by atoms with van der Waals surface area (Å²) in [7, 11) is -3.69. The van der Waals surface area contributed by atoms with Gasteiger partial charge in [0.15, 0.2) is 0 Å². The van der Waals surface area contributed by atoms with Crippen LogP contribution in [0.4, 0.5) is 0 Å². The number of ether oxygens (including phenoxy) is 1. The van der Waals surface area contributed by atoms with Gasteiger partial charge in [-0.15, -0.1) is 0 Å². The van der Waals surface area contributed by atoms with Gasteiger partial charge in [0.25, 0.3) is 0 Å². The molecule has 1 fully saturated rings. The van der Waals surface area contributed by atoms with Gasteiger partial charge in [0.2, 0.25) is 10.0 Å². The van der Waals surface area contributed by atoms with Crippen LogP contribution >= 0.6 is 0 Å². The molecule has 124 valence electrons. The first-order chi connectivity index (χ1) is 11.5. The third-order valence-electron chi connectivity index (χ3n) is 4.09. The molecular weight excluding hydrogens is 330 g/mol. The number of sulfonamides is 1. The highest BCUT2D eigenvalue weighted by atomic mass is 32.2. The Morgan fingerprint density at radius 1 is 1.04 bits per heavy atom. The number of hydrogen-bond acceptors (Lipinski definition) is 4. The quantitative estimate of drug-likeness (QED) is 0.753. The van der Waals surface area contributed by atoms with E-state index in [-0.39, 0.29) is 30.0 Å². The van der Waals surface area contributed by atoms with Crippen molar-refractivity contribution in [1.82, 2.24) is 14.3 Å². The maximum Gasteiger partial charge on any atom is 0.323 e. The number of nitrogens with one attached hydrogen (secondary N) is 2. The number of H-pyrrole nitrogens is 2. The summed E-state index contributed by atoms with van der Waals surface area (Å²) in [5.74, 6) is 0. The second kappa shape index (κ2) is 5.59. The lowest BCUT2D eigenvalue weighted by Gasteiger charge is -2.14. The van der Waals surface area contributed by atoms with E-state index in [1.807, 2.05) is 30.3 Å². The number of imidazole rings is 1. The fourth-order valence-electron chi connectivity index (χ4n) is 2.82. The molecule has 1 aliphatic heterocycles. The van der Waals surface area contributed by atoms with Crippen LogP contribution in [0.5, 0.6) is 0 Å². The van der Waals surface area contributed by atoms with Crippen LogP contribution in [0.25, 0.3) is 11.0 Å². The van der Waals surface area contributed by atoms with E-state index < -0.39 is 10.0 Å². The maximum atomic E-state index is 12.8. The summed E-state index contributed by atoms with van der Waals surface area (Å²) in [4.78, 5) is 16.6. The van der Waals surface area contributed by atoms with E-state index in [0.29, 0.717) is 11.0 Å². The average Bonchev–Trinajstić information content (AvgIpc) is 3.21. The summed E-state index contributed by atoms with van der Waals surface area (Å²) in [5.41, 5.74) is 1.60. The molecule has 0 amide bonds. The third kappa shape index (κ3) is 2.54. The zero-order valence-corrected chi connectivity index (χ0v) is 13.4. The molecule has 1 unspecified atom stereocenters. The Morgan fingerprint density at radius 2 is 1.79 bits per heavy atom. The molecule has 0 spiro atoms. The minimum Gasteiger partial charge on any atom is -0.356 e. The van der Waals surface area contributed by atoms with Crippen LogP contribution in [0.1, 0.15) is 11.7 Å². The smallest absolute Gasteiger partial charge is 0.323 e. The average molecular weight is 345 g/mol. The molecule has 1 saturated heterocycles.